The van der Waals surface area contributed by atoms with Crippen molar-refractivity contribution in [3.63, 3.8) is 0 Å². The second kappa shape index (κ2) is 8.17. The Morgan fingerprint density at radius 3 is 2.67 bits per heavy atom. The summed E-state index contributed by atoms with van der Waals surface area (Å²) in [6.45, 7) is 2.72. The smallest absolute Gasteiger partial charge is 0.272 e. The maximum atomic E-state index is 12.8. The summed E-state index contributed by atoms with van der Waals surface area (Å²) in [5.41, 5.74) is 0.551. The third-order valence-corrected chi connectivity index (χ3v) is 7.30. The Hall–Kier alpha value is -1.63. The molecule has 1 aromatic heterocycles. The van der Waals surface area contributed by atoms with E-state index in [1.165, 1.54) is 18.2 Å². The van der Waals surface area contributed by atoms with Crippen molar-refractivity contribution in [1.29, 1.82) is 0 Å². The molecule has 0 N–H and O–H groups in total. The lowest BCUT2D eigenvalue weighted by Gasteiger charge is -2.33. The minimum Gasteiger partial charge on any atom is -0.335 e. The highest BCUT2D eigenvalue weighted by molar-refractivity contribution is 7.90. The second-order valence-corrected chi connectivity index (χ2v) is 9.41. The first kappa shape index (κ1) is 20.1. The maximum absolute atomic E-state index is 12.8. The van der Waals surface area contributed by atoms with E-state index in [0.717, 1.165) is 19.3 Å². The van der Waals surface area contributed by atoms with Gasteiger partial charge in [0.1, 0.15) is 5.69 Å². The van der Waals surface area contributed by atoms with Crippen LogP contribution in [0.15, 0.2) is 41.3 Å². The molecule has 2 heterocycles. The van der Waals surface area contributed by atoms with Gasteiger partial charge in [0, 0.05) is 12.6 Å². The second-order valence-electron chi connectivity index (χ2n) is 6.67. The van der Waals surface area contributed by atoms with Gasteiger partial charge in [-0.15, -0.1) is 0 Å². The van der Waals surface area contributed by atoms with Gasteiger partial charge in [0.15, 0.2) is 9.84 Å². The van der Waals surface area contributed by atoms with Gasteiger partial charge in [0.2, 0.25) is 0 Å². The Bertz CT molecular complexity index is 963. The summed E-state index contributed by atoms with van der Waals surface area (Å²) in [6, 6.07) is 9.49. The van der Waals surface area contributed by atoms with Gasteiger partial charge < -0.3 is 4.90 Å². The number of amides is 1. The third-order valence-electron chi connectivity index (χ3n) is 4.68. The number of hydrogen-bond acceptors (Lipinski definition) is 4. The molecule has 1 fully saturated rings. The average molecular weight is 427 g/mol. The summed E-state index contributed by atoms with van der Waals surface area (Å²) in [4.78, 5) is 18.8. The molecule has 144 valence electrons. The van der Waals surface area contributed by atoms with E-state index >= 15 is 0 Å². The van der Waals surface area contributed by atoms with Gasteiger partial charge in [-0.3, -0.25) is 4.79 Å². The van der Waals surface area contributed by atoms with Gasteiger partial charge in [-0.25, -0.2) is 13.4 Å². The summed E-state index contributed by atoms with van der Waals surface area (Å²) in [7, 11) is -3.75. The normalized spacial score (nSPS) is 17.7. The highest BCUT2D eigenvalue weighted by atomic mass is 35.5. The predicted octanol–water partition coefficient (Wildman–Crippen LogP) is 4.38. The molecule has 5 nitrogen and oxygen atoms in total. The Balaban J connectivity index is 1.85. The van der Waals surface area contributed by atoms with Gasteiger partial charge in [0.05, 0.1) is 26.4 Å². The van der Waals surface area contributed by atoms with Crippen molar-refractivity contribution in [3.05, 3.63) is 57.8 Å². The molecule has 1 saturated heterocycles. The SMILES string of the molecule is CC1CCCCN1C(=O)c1cccc(CS(=O)(=O)c2cccc(Cl)c2Cl)n1. The van der Waals surface area contributed by atoms with Crippen molar-refractivity contribution in [2.45, 2.75) is 42.9 Å². The fourth-order valence-electron chi connectivity index (χ4n) is 3.22. The summed E-state index contributed by atoms with van der Waals surface area (Å²) in [6.07, 6.45) is 3.04. The lowest BCUT2D eigenvalue weighted by Crippen LogP contribution is -2.42. The predicted molar refractivity (Wildman–Crippen MR) is 106 cm³/mol. The first-order valence-electron chi connectivity index (χ1n) is 8.73. The quantitative estimate of drug-likeness (QED) is 0.727. The first-order chi connectivity index (χ1) is 12.8. The van der Waals surface area contributed by atoms with E-state index in [-0.39, 0.29) is 38.3 Å². The van der Waals surface area contributed by atoms with Gasteiger partial charge in [-0.2, -0.15) is 0 Å². The average Bonchev–Trinajstić information content (AvgIpc) is 2.63. The van der Waals surface area contributed by atoms with Crippen LogP contribution in [0.25, 0.3) is 0 Å². The standard InChI is InChI=1S/C19H20Cl2N2O3S/c1-13-6-2-3-11-23(13)19(24)16-9-4-7-14(22-16)12-27(25,26)17-10-5-8-15(20)18(17)21/h4-5,7-10,13H,2-3,6,11-12H2,1H3. The van der Waals surface area contributed by atoms with E-state index in [2.05, 4.69) is 4.98 Å². The minimum atomic E-state index is -3.75. The summed E-state index contributed by atoms with van der Waals surface area (Å²) >= 11 is 12.0. The number of benzene rings is 1. The zero-order chi connectivity index (χ0) is 19.6. The van der Waals surface area contributed by atoms with Crippen LogP contribution in [0.3, 0.4) is 0 Å². The highest BCUT2D eigenvalue weighted by Gasteiger charge is 2.26. The summed E-state index contributed by atoms with van der Waals surface area (Å²) in [5.74, 6) is -0.522. The van der Waals surface area contributed by atoms with Crippen molar-refractivity contribution < 1.29 is 13.2 Å². The molecule has 1 aliphatic rings. The molecule has 0 radical (unpaired) electrons. The van der Waals surface area contributed by atoms with Crippen molar-refractivity contribution in [2.75, 3.05) is 6.54 Å². The third kappa shape index (κ3) is 4.45. The maximum Gasteiger partial charge on any atom is 0.272 e. The molecule has 1 aromatic carbocycles. The van der Waals surface area contributed by atoms with E-state index in [4.69, 9.17) is 23.2 Å². The lowest BCUT2D eigenvalue weighted by atomic mass is 10.0. The molecule has 3 rings (SSSR count). The number of pyridine rings is 1. The number of piperidine rings is 1. The molecule has 1 unspecified atom stereocenters. The number of aromatic nitrogens is 1. The Labute approximate surface area is 169 Å². The van der Waals surface area contributed by atoms with Crippen LogP contribution in [-0.2, 0) is 15.6 Å². The van der Waals surface area contributed by atoms with Crippen LogP contribution in [-0.4, -0.2) is 36.8 Å². The monoisotopic (exact) mass is 426 g/mol. The van der Waals surface area contributed by atoms with Crippen LogP contribution < -0.4 is 0 Å². The van der Waals surface area contributed by atoms with Gasteiger partial charge in [-0.05, 0) is 50.5 Å². The summed E-state index contributed by atoms with van der Waals surface area (Å²) < 4.78 is 25.5. The number of rotatable bonds is 4. The number of carbonyl (C=O) groups is 1. The van der Waals surface area contributed by atoms with Crippen LogP contribution >= 0.6 is 23.2 Å². The van der Waals surface area contributed by atoms with Crippen LogP contribution in [0.5, 0.6) is 0 Å². The zero-order valence-corrected chi connectivity index (χ0v) is 17.2. The van der Waals surface area contributed by atoms with E-state index < -0.39 is 9.84 Å². The van der Waals surface area contributed by atoms with Gasteiger partial charge in [-0.1, -0.05) is 35.3 Å². The van der Waals surface area contributed by atoms with Crippen molar-refractivity contribution in [3.8, 4) is 0 Å². The Kier molecular flexibility index (Phi) is 6.08. The molecule has 0 saturated carbocycles. The molecule has 27 heavy (non-hydrogen) atoms. The van der Waals surface area contributed by atoms with Crippen LogP contribution in [0, 0.1) is 0 Å². The molecular formula is C19H20Cl2N2O3S. The van der Waals surface area contributed by atoms with E-state index in [1.807, 2.05) is 6.92 Å². The van der Waals surface area contributed by atoms with Crippen molar-refractivity contribution in [1.82, 2.24) is 9.88 Å². The van der Waals surface area contributed by atoms with E-state index in [9.17, 15) is 13.2 Å². The number of hydrogen-bond donors (Lipinski definition) is 0. The van der Waals surface area contributed by atoms with Crippen molar-refractivity contribution >= 4 is 38.9 Å². The van der Waals surface area contributed by atoms with E-state index in [1.54, 1.807) is 23.1 Å². The minimum absolute atomic E-state index is 0.00598. The summed E-state index contributed by atoms with van der Waals surface area (Å²) in [5, 5.41) is 0.169. The van der Waals surface area contributed by atoms with E-state index in [0.29, 0.717) is 12.2 Å². The highest BCUT2D eigenvalue weighted by Crippen LogP contribution is 2.30. The molecule has 0 aliphatic carbocycles. The van der Waals surface area contributed by atoms with Gasteiger partial charge >= 0.3 is 0 Å². The molecule has 1 atom stereocenters. The number of halogens is 2. The number of nitrogens with zero attached hydrogens (tertiary/aromatic N) is 2. The molecule has 2 aromatic rings. The molecule has 0 spiro atoms. The zero-order valence-electron chi connectivity index (χ0n) is 14.9. The number of likely N-dealkylation sites (tertiary alicyclic amines) is 1. The lowest BCUT2D eigenvalue weighted by molar-refractivity contribution is 0.0629. The largest absolute Gasteiger partial charge is 0.335 e. The molecular weight excluding hydrogens is 407 g/mol. The fourth-order valence-corrected chi connectivity index (χ4v) is 5.31. The fraction of sp³-hybridized carbons (Fsp3) is 0.368. The first-order valence-corrected chi connectivity index (χ1v) is 11.1. The van der Waals surface area contributed by atoms with Crippen molar-refractivity contribution in [2.24, 2.45) is 0 Å². The molecule has 1 aliphatic heterocycles. The topological polar surface area (TPSA) is 67.3 Å². The van der Waals surface area contributed by atoms with Gasteiger partial charge in [0.25, 0.3) is 5.91 Å². The number of carbonyl (C=O) groups excluding carboxylic acids is 1. The molecule has 1 amide bonds. The van der Waals surface area contributed by atoms with Crippen LogP contribution in [0.1, 0.15) is 42.4 Å². The Morgan fingerprint density at radius 2 is 1.93 bits per heavy atom. The van der Waals surface area contributed by atoms with Crippen LogP contribution in [0.2, 0.25) is 10.0 Å². The molecule has 8 heteroatoms. The number of sulfone groups is 1. The molecule has 0 bridgehead atoms. The Morgan fingerprint density at radius 1 is 1.19 bits per heavy atom. The van der Waals surface area contributed by atoms with Crippen LogP contribution in [0.4, 0.5) is 0 Å².